The van der Waals surface area contributed by atoms with E-state index in [1.54, 1.807) is 37.3 Å². The lowest BCUT2D eigenvalue weighted by Crippen LogP contribution is -2.36. The molecule has 1 amide bonds. The van der Waals surface area contributed by atoms with Crippen LogP contribution in [0.3, 0.4) is 0 Å². The Balaban J connectivity index is 1.89. The molecule has 0 saturated carbocycles. The van der Waals surface area contributed by atoms with Crippen molar-refractivity contribution < 1.29 is 17.6 Å². The molecule has 0 aliphatic rings. The molecule has 2 N–H and O–H groups in total. The van der Waals surface area contributed by atoms with Crippen LogP contribution in [0.2, 0.25) is 0 Å². The number of sulfonamides is 1. The molecule has 0 bridgehead atoms. The van der Waals surface area contributed by atoms with Crippen molar-refractivity contribution in [3.05, 3.63) is 65.5 Å². The minimum absolute atomic E-state index is 0.145. The molecule has 0 radical (unpaired) electrons. The summed E-state index contributed by atoms with van der Waals surface area (Å²) in [4.78, 5) is 11.9. The normalized spacial score (nSPS) is 11.2. The standard InChI is InChI=1S/C16H17FN2O3S/c1-12-4-2-3-5-15(12)23(21,22)19-11-16(20)18-10-13-6-8-14(17)9-7-13/h2-9,19H,10-11H2,1H3,(H,18,20). The molecule has 2 aromatic rings. The van der Waals surface area contributed by atoms with E-state index in [2.05, 4.69) is 10.0 Å². The highest BCUT2D eigenvalue weighted by Crippen LogP contribution is 2.13. The van der Waals surface area contributed by atoms with E-state index < -0.39 is 15.9 Å². The number of rotatable bonds is 6. The van der Waals surface area contributed by atoms with Gasteiger partial charge in [0, 0.05) is 6.54 Å². The van der Waals surface area contributed by atoms with E-state index in [0.29, 0.717) is 5.56 Å². The monoisotopic (exact) mass is 336 g/mol. The smallest absolute Gasteiger partial charge is 0.241 e. The average molecular weight is 336 g/mol. The third-order valence-corrected chi connectivity index (χ3v) is 4.77. The van der Waals surface area contributed by atoms with Crippen LogP contribution in [0.1, 0.15) is 11.1 Å². The molecule has 0 aliphatic heterocycles. The van der Waals surface area contributed by atoms with Crippen LogP contribution < -0.4 is 10.0 Å². The zero-order valence-corrected chi connectivity index (χ0v) is 13.4. The molecule has 23 heavy (non-hydrogen) atoms. The fourth-order valence-corrected chi connectivity index (χ4v) is 3.19. The maximum Gasteiger partial charge on any atom is 0.241 e. The second kappa shape index (κ2) is 7.34. The maximum absolute atomic E-state index is 12.8. The number of aryl methyl sites for hydroxylation is 1. The van der Waals surface area contributed by atoms with Crippen LogP contribution in [-0.2, 0) is 21.4 Å². The largest absolute Gasteiger partial charge is 0.351 e. The van der Waals surface area contributed by atoms with Gasteiger partial charge in [-0.25, -0.2) is 17.5 Å². The van der Waals surface area contributed by atoms with Gasteiger partial charge in [-0.05, 0) is 36.2 Å². The first-order valence-corrected chi connectivity index (χ1v) is 8.43. The summed E-state index contributed by atoms with van der Waals surface area (Å²) in [6.45, 7) is 1.52. The number of carbonyl (C=O) groups is 1. The molecular weight excluding hydrogens is 319 g/mol. The Labute approximate surface area is 134 Å². The number of benzene rings is 2. The summed E-state index contributed by atoms with van der Waals surface area (Å²) in [6.07, 6.45) is 0. The van der Waals surface area contributed by atoms with Crippen molar-refractivity contribution in [2.75, 3.05) is 6.54 Å². The molecule has 0 spiro atoms. The first kappa shape index (κ1) is 17.1. The molecule has 0 unspecified atom stereocenters. The van der Waals surface area contributed by atoms with Gasteiger partial charge in [0.25, 0.3) is 0 Å². The van der Waals surface area contributed by atoms with Gasteiger partial charge in [-0.2, -0.15) is 0 Å². The summed E-state index contributed by atoms with van der Waals surface area (Å²) in [5.41, 5.74) is 1.33. The van der Waals surface area contributed by atoms with Crippen LogP contribution in [0.15, 0.2) is 53.4 Å². The lowest BCUT2D eigenvalue weighted by molar-refractivity contribution is -0.120. The van der Waals surface area contributed by atoms with Crippen LogP contribution in [0.4, 0.5) is 4.39 Å². The fourth-order valence-electron chi connectivity index (χ4n) is 1.96. The van der Waals surface area contributed by atoms with E-state index in [9.17, 15) is 17.6 Å². The van der Waals surface area contributed by atoms with Gasteiger partial charge in [0.15, 0.2) is 0 Å². The Kier molecular flexibility index (Phi) is 5.46. The molecule has 7 heteroatoms. The summed E-state index contributed by atoms with van der Waals surface area (Å²) in [7, 11) is -3.74. The first-order valence-electron chi connectivity index (χ1n) is 6.95. The van der Waals surface area contributed by atoms with Gasteiger partial charge >= 0.3 is 0 Å². The molecular formula is C16H17FN2O3S. The Morgan fingerprint density at radius 2 is 1.74 bits per heavy atom. The molecule has 2 rings (SSSR count). The number of hydrogen-bond acceptors (Lipinski definition) is 3. The quantitative estimate of drug-likeness (QED) is 0.843. The highest BCUT2D eigenvalue weighted by molar-refractivity contribution is 7.89. The molecule has 0 atom stereocenters. The van der Waals surface area contributed by atoms with Gasteiger partial charge in [0.05, 0.1) is 11.4 Å². The van der Waals surface area contributed by atoms with Crippen LogP contribution in [-0.4, -0.2) is 20.9 Å². The highest BCUT2D eigenvalue weighted by atomic mass is 32.2. The predicted molar refractivity (Wildman–Crippen MR) is 84.6 cm³/mol. The molecule has 122 valence electrons. The lowest BCUT2D eigenvalue weighted by Gasteiger charge is -2.09. The number of nitrogens with one attached hydrogen (secondary N) is 2. The Bertz CT molecular complexity index is 789. The van der Waals surface area contributed by atoms with Crippen molar-refractivity contribution in [1.82, 2.24) is 10.0 Å². The van der Waals surface area contributed by atoms with E-state index in [0.717, 1.165) is 5.56 Å². The van der Waals surface area contributed by atoms with Crippen LogP contribution in [0.25, 0.3) is 0 Å². The molecule has 0 heterocycles. The van der Waals surface area contributed by atoms with Gasteiger partial charge in [-0.3, -0.25) is 4.79 Å². The number of amides is 1. The molecule has 2 aromatic carbocycles. The zero-order valence-electron chi connectivity index (χ0n) is 12.5. The van der Waals surface area contributed by atoms with E-state index >= 15 is 0 Å². The topological polar surface area (TPSA) is 75.3 Å². The van der Waals surface area contributed by atoms with Gasteiger partial charge in [-0.15, -0.1) is 0 Å². The summed E-state index contributed by atoms with van der Waals surface area (Å²) >= 11 is 0. The SMILES string of the molecule is Cc1ccccc1S(=O)(=O)NCC(=O)NCc1ccc(F)cc1. The Morgan fingerprint density at radius 1 is 1.09 bits per heavy atom. The van der Waals surface area contributed by atoms with E-state index in [-0.39, 0.29) is 23.8 Å². The average Bonchev–Trinajstić information content (AvgIpc) is 2.53. The predicted octanol–water partition coefficient (Wildman–Crippen LogP) is 1.73. The molecule has 0 aromatic heterocycles. The van der Waals surface area contributed by atoms with Gasteiger partial charge in [-0.1, -0.05) is 30.3 Å². The van der Waals surface area contributed by atoms with Crippen molar-refractivity contribution in [3.8, 4) is 0 Å². The Morgan fingerprint density at radius 3 is 2.39 bits per heavy atom. The van der Waals surface area contributed by atoms with Gasteiger partial charge in [0.2, 0.25) is 15.9 Å². The second-order valence-corrected chi connectivity index (χ2v) is 6.73. The lowest BCUT2D eigenvalue weighted by atomic mass is 10.2. The van der Waals surface area contributed by atoms with Crippen LogP contribution >= 0.6 is 0 Å². The first-order chi connectivity index (χ1) is 10.9. The summed E-state index contributed by atoms with van der Waals surface area (Å²) in [5, 5.41) is 2.57. The summed E-state index contributed by atoms with van der Waals surface area (Å²) in [5.74, 6) is -0.822. The van der Waals surface area contributed by atoms with Crippen molar-refractivity contribution in [1.29, 1.82) is 0 Å². The van der Waals surface area contributed by atoms with Crippen molar-refractivity contribution >= 4 is 15.9 Å². The third-order valence-electron chi connectivity index (χ3n) is 3.21. The van der Waals surface area contributed by atoms with Crippen molar-refractivity contribution in [2.45, 2.75) is 18.4 Å². The van der Waals surface area contributed by atoms with E-state index in [1.807, 2.05) is 0 Å². The molecule has 0 fully saturated rings. The summed E-state index contributed by atoms with van der Waals surface area (Å²) < 4.78 is 39.3. The minimum atomic E-state index is -3.74. The third kappa shape index (κ3) is 4.87. The van der Waals surface area contributed by atoms with Crippen LogP contribution in [0, 0.1) is 12.7 Å². The highest BCUT2D eigenvalue weighted by Gasteiger charge is 2.17. The zero-order chi connectivity index (χ0) is 16.9. The summed E-state index contributed by atoms with van der Waals surface area (Å²) in [6, 6.07) is 12.2. The second-order valence-electron chi connectivity index (χ2n) is 4.99. The van der Waals surface area contributed by atoms with Gasteiger partial charge in [0.1, 0.15) is 5.82 Å². The minimum Gasteiger partial charge on any atom is -0.351 e. The number of hydrogen-bond donors (Lipinski definition) is 2. The van der Waals surface area contributed by atoms with Crippen molar-refractivity contribution in [3.63, 3.8) is 0 Å². The molecule has 5 nitrogen and oxygen atoms in total. The van der Waals surface area contributed by atoms with Crippen molar-refractivity contribution in [2.24, 2.45) is 0 Å². The van der Waals surface area contributed by atoms with Gasteiger partial charge < -0.3 is 5.32 Å². The van der Waals surface area contributed by atoms with E-state index in [1.165, 1.54) is 18.2 Å². The van der Waals surface area contributed by atoms with Crippen LogP contribution in [0.5, 0.6) is 0 Å². The molecule has 0 aliphatic carbocycles. The molecule has 0 saturated heterocycles. The number of carbonyl (C=O) groups excluding carboxylic acids is 1. The Hall–Kier alpha value is -2.25. The fraction of sp³-hybridized carbons (Fsp3) is 0.188. The maximum atomic E-state index is 12.8. The van der Waals surface area contributed by atoms with E-state index in [4.69, 9.17) is 0 Å². The number of halogens is 1.